The number of benzene rings is 1. The standard InChI is InChI=1S/C10H11FN2/c1-13-5-4-7-8(6-12)9(11)2-3-10(7)13/h2-5H,6,12H2,1H3. The monoisotopic (exact) mass is 178 g/mol. The Labute approximate surface area is 75.8 Å². The van der Waals surface area contributed by atoms with E-state index >= 15 is 0 Å². The minimum absolute atomic E-state index is 0.221. The molecule has 3 heteroatoms. The zero-order valence-electron chi connectivity index (χ0n) is 7.42. The SMILES string of the molecule is Cn1ccc2c(CN)c(F)ccc21. The highest BCUT2D eigenvalue weighted by Crippen LogP contribution is 2.21. The number of hydrogen-bond donors (Lipinski definition) is 1. The molecule has 0 fully saturated rings. The van der Waals surface area contributed by atoms with Crippen molar-refractivity contribution < 1.29 is 4.39 Å². The van der Waals surface area contributed by atoms with Crippen LogP contribution in [0.5, 0.6) is 0 Å². The molecule has 0 bridgehead atoms. The minimum Gasteiger partial charge on any atom is -0.351 e. The molecule has 1 aromatic carbocycles. The van der Waals surface area contributed by atoms with Crippen LogP contribution in [0.15, 0.2) is 24.4 Å². The van der Waals surface area contributed by atoms with Gasteiger partial charge >= 0.3 is 0 Å². The molecule has 0 radical (unpaired) electrons. The fourth-order valence-corrected chi connectivity index (χ4v) is 1.59. The molecule has 2 rings (SSSR count). The van der Waals surface area contributed by atoms with E-state index in [1.165, 1.54) is 6.07 Å². The Hall–Kier alpha value is -1.35. The van der Waals surface area contributed by atoms with Crippen LogP contribution in [0, 0.1) is 5.82 Å². The predicted molar refractivity (Wildman–Crippen MR) is 50.8 cm³/mol. The van der Waals surface area contributed by atoms with E-state index < -0.39 is 0 Å². The van der Waals surface area contributed by atoms with Crippen molar-refractivity contribution in [2.45, 2.75) is 6.54 Å². The molecule has 68 valence electrons. The molecule has 13 heavy (non-hydrogen) atoms. The van der Waals surface area contributed by atoms with Crippen molar-refractivity contribution in [2.24, 2.45) is 12.8 Å². The average molecular weight is 178 g/mol. The Morgan fingerprint density at radius 2 is 2.15 bits per heavy atom. The van der Waals surface area contributed by atoms with Crippen LogP contribution < -0.4 is 5.73 Å². The average Bonchev–Trinajstić information content (AvgIpc) is 2.48. The van der Waals surface area contributed by atoms with E-state index in [0.717, 1.165) is 10.9 Å². The molecule has 0 unspecified atom stereocenters. The van der Waals surface area contributed by atoms with Gasteiger partial charge < -0.3 is 10.3 Å². The number of halogens is 1. The quantitative estimate of drug-likeness (QED) is 0.709. The lowest BCUT2D eigenvalue weighted by atomic mass is 10.1. The smallest absolute Gasteiger partial charge is 0.128 e. The molecule has 2 aromatic rings. The van der Waals surface area contributed by atoms with E-state index in [2.05, 4.69) is 0 Å². The largest absolute Gasteiger partial charge is 0.351 e. The third-order valence-electron chi connectivity index (χ3n) is 2.33. The number of aryl methyl sites for hydroxylation is 1. The van der Waals surface area contributed by atoms with Crippen molar-refractivity contribution in [1.82, 2.24) is 4.57 Å². The van der Waals surface area contributed by atoms with Crippen LogP contribution in [-0.4, -0.2) is 4.57 Å². The Balaban J connectivity index is 2.85. The van der Waals surface area contributed by atoms with E-state index in [-0.39, 0.29) is 12.4 Å². The molecular formula is C10H11FN2. The first-order chi connectivity index (χ1) is 6.24. The van der Waals surface area contributed by atoms with Gasteiger partial charge in [0, 0.05) is 36.3 Å². The second-order valence-corrected chi connectivity index (χ2v) is 3.09. The van der Waals surface area contributed by atoms with Crippen LogP contribution in [0.4, 0.5) is 4.39 Å². The highest BCUT2D eigenvalue weighted by Gasteiger charge is 2.07. The van der Waals surface area contributed by atoms with Gasteiger partial charge in [-0.05, 0) is 18.2 Å². The van der Waals surface area contributed by atoms with E-state index in [1.54, 1.807) is 6.07 Å². The Bertz CT molecular complexity index is 445. The highest BCUT2D eigenvalue weighted by molar-refractivity contribution is 5.83. The summed E-state index contributed by atoms with van der Waals surface area (Å²) in [6.45, 7) is 0.243. The molecule has 0 spiro atoms. The van der Waals surface area contributed by atoms with E-state index in [0.29, 0.717) is 5.56 Å². The van der Waals surface area contributed by atoms with Gasteiger partial charge in [0.05, 0.1) is 0 Å². The third-order valence-corrected chi connectivity index (χ3v) is 2.33. The molecule has 1 heterocycles. The number of aromatic nitrogens is 1. The van der Waals surface area contributed by atoms with Gasteiger partial charge in [-0.3, -0.25) is 0 Å². The molecule has 2 N–H and O–H groups in total. The van der Waals surface area contributed by atoms with Crippen molar-refractivity contribution in [1.29, 1.82) is 0 Å². The summed E-state index contributed by atoms with van der Waals surface area (Å²) in [6, 6.07) is 5.12. The van der Waals surface area contributed by atoms with Gasteiger partial charge in [-0.15, -0.1) is 0 Å². The molecule has 1 aromatic heterocycles. The number of nitrogens with two attached hydrogens (primary N) is 1. The number of nitrogens with zero attached hydrogens (tertiary/aromatic N) is 1. The Kier molecular flexibility index (Phi) is 1.81. The van der Waals surface area contributed by atoms with Crippen LogP contribution in [0.1, 0.15) is 5.56 Å². The Morgan fingerprint density at radius 1 is 1.38 bits per heavy atom. The molecule has 0 aliphatic rings. The van der Waals surface area contributed by atoms with E-state index in [9.17, 15) is 4.39 Å². The molecular weight excluding hydrogens is 167 g/mol. The zero-order chi connectivity index (χ0) is 9.42. The van der Waals surface area contributed by atoms with Crippen molar-refractivity contribution >= 4 is 10.9 Å². The molecule has 0 aliphatic heterocycles. The number of rotatable bonds is 1. The van der Waals surface area contributed by atoms with Gasteiger partial charge in [0.15, 0.2) is 0 Å². The van der Waals surface area contributed by atoms with Crippen molar-refractivity contribution in [3.63, 3.8) is 0 Å². The second kappa shape index (κ2) is 2.85. The van der Waals surface area contributed by atoms with E-state index in [1.807, 2.05) is 23.9 Å². The molecule has 0 saturated heterocycles. The summed E-state index contributed by atoms with van der Waals surface area (Å²) < 4.78 is 15.2. The molecule has 0 amide bonds. The van der Waals surface area contributed by atoms with Crippen LogP contribution >= 0.6 is 0 Å². The molecule has 0 aliphatic carbocycles. The maximum absolute atomic E-state index is 13.2. The first kappa shape index (κ1) is 8.26. The van der Waals surface area contributed by atoms with Gasteiger partial charge in [-0.1, -0.05) is 0 Å². The summed E-state index contributed by atoms with van der Waals surface area (Å²) in [7, 11) is 1.93. The topological polar surface area (TPSA) is 30.9 Å². The van der Waals surface area contributed by atoms with E-state index in [4.69, 9.17) is 5.73 Å². The third kappa shape index (κ3) is 1.12. The van der Waals surface area contributed by atoms with Crippen molar-refractivity contribution in [2.75, 3.05) is 0 Å². The fraction of sp³-hybridized carbons (Fsp3) is 0.200. The van der Waals surface area contributed by atoms with Gasteiger partial charge in [-0.2, -0.15) is 0 Å². The van der Waals surface area contributed by atoms with Crippen LogP contribution in [0.2, 0.25) is 0 Å². The Morgan fingerprint density at radius 3 is 2.85 bits per heavy atom. The van der Waals surface area contributed by atoms with Gasteiger partial charge in [0.1, 0.15) is 5.82 Å². The van der Waals surface area contributed by atoms with Crippen molar-refractivity contribution in [3.05, 3.63) is 35.8 Å². The van der Waals surface area contributed by atoms with Gasteiger partial charge in [-0.25, -0.2) is 4.39 Å². The molecule has 0 atom stereocenters. The summed E-state index contributed by atoms with van der Waals surface area (Å²) in [5.41, 5.74) is 7.09. The van der Waals surface area contributed by atoms with Gasteiger partial charge in [0.2, 0.25) is 0 Å². The lowest BCUT2D eigenvalue weighted by molar-refractivity contribution is 0.613. The summed E-state index contributed by atoms with van der Waals surface area (Å²) >= 11 is 0. The first-order valence-electron chi connectivity index (χ1n) is 4.16. The molecule has 0 saturated carbocycles. The highest BCUT2D eigenvalue weighted by atomic mass is 19.1. The normalized spacial score (nSPS) is 11.0. The zero-order valence-corrected chi connectivity index (χ0v) is 7.42. The summed E-state index contributed by atoms with van der Waals surface area (Å²) in [4.78, 5) is 0. The summed E-state index contributed by atoms with van der Waals surface area (Å²) in [5, 5.41) is 0.907. The maximum atomic E-state index is 13.2. The second-order valence-electron chi connectivity index (χ2n) is 3.09. The first-order valence-corrected chi connectivity index (χ1v) is 4.16. The summed E-state index contributed by atoms with van der Waals surface area (Å²) in [5.74, 6) is -0.221. The number of hydrogen-bond acceptors (Lipinski definition) is 1. The van der Waals surface area contributed by atoms with Crippen LogP contribution in [0.25, 0.3) is 10.9 Å². The predicted octanol–water partition coefficient (Wildman–Crippen LogP) is 1.78. The van der Waals surface area contributed by atoms with Gasteiger partial charge in [0.25, 0.3) is 0 Å². The fourth-order valence-electron chi connectivity index (χ4n) is 1.59. The lowest BCUT2D eigenvalue weighted by Crippen LogP contribution is -2.00. The number of fused-ring (bicyclic) bond motifs is 1. The lowest BCUT2D eigenvalue weighted by Gasteiger charge is -2.02. The maximum Gasteiger partial charge on any atom is 0.128 e. The van der Waals surface area contributed by atoms with Crippen LogP contribution in [-0.2, 0) is 13.6 Å². The van der Waals surface area contributed by atoms with Crippen molar-refractivity contribution in [3.8, 4) is 0 Å². The minimum atomic E-state index is -0.221. The summed E-state index contributed by atoms with van der Waals surface area (Å²) in [6.07, 6.45) is 1.91. The van der Waals surface area contributed by atoms with Crippen LogP contribution in [0.3, 0.4) is 0 Å². The molecule has 2 nitrogen and oxygen atoms in total.